The van der Waals surface area contributed by atoms with E-state index in [9.17, 15) is 4.79 Å². The number of nitrogens with two attached hydrogens (primary N) is 1. The number of anilines is 1. The number of nitrogens with zero attached hydrogens (tertiary/aromatic N) is 5. The van der Waals surface area contributed by atoms with Crippen molar-refractivity contribution in [3.63, 3.8) is 0 Å². The lowest BCUT2D eigenvalue weighted by Crippen LogP contribution is -2.55. The lowest BCUT2D eigenvalue weighted by molar-refractivity contribution is 0.0825. The highest BCUT2D eigenvalue weighted by atomic mass is 16.5. The third kappa shape index (κ3) is 4.51. The SMILES string of the molecule is COc1ccccc1N1CCN([C@H]2CCCN(Cc3nc(C(N)=O)no3)C2)CC1. The maximum absolute atomic E-state index is 11.1. The summed E-state index contributed by atoms with van der Waals surface area (Å²) < 4.78 is 10.7. The Balaban J connectivity index is 1.32. The van der Waals surface area contributed by atoms with Crippen LogP contribution in [0, 0.1) is 0 Å². The fourth-order valence-electron chi connectivity index (χ4n) is 4.30. The van der Waals surface area contributed by atoms with Crippen molar-refractivity contribution in [2.24, 2.45) is 5.73 Å². The molecule has 0 unspecified atom stereocenters. The summed E-state index contributed by atoms with van der Waals surface area (Å²) in [7, 11) is 1.72. The van der Waals surface area contributed by atoms with Gasteiger partial charge in [-0.2, -0.15) is 4.98 Å². The average Bonchev–Trinajstić information content (AvgIpc) is 3.23. The number of rotatable bonds is 6. The molecule has 0 radical (unpaired) electrons. The highest BCUT2D eigenvalue weighted by Crippen LogP contribution is 2.29. The van der Waals surface area contributed by atoms with Crippen molar-refractivity contribution in [3.8, 4) is 5.75 Å². The van der Waals surface area contributed by atoms with Crippen molar-refractivity contribution >= 4 is 11.6 Å². The number of hydrogen-bond acceptors (Lipinski definition) is 8. The molecule has 1 amide bonds. The van der Waals surface area contributed by atoms with Crippen LogP contribution in [0.3, 0.4) is 0 Å². The molecule has 2 aromatic rings. The molecular formula is C20H28N6O3. The molecule has 2 N–H and O–H groups in total. The summed E-state index contributed by atoms with van der Waals surface area (Å²) in [6.45, 7) is 6.55. The van der Waals surface area contributed by atoms with Gasteiger partial charge in [-0.05, 0) is 31.5 Å². The zero-order valence-electron chi connectivity index (χ0n) is 16.8. The quantitative estimate of drug-likeness (QED) is 0.765. The molecule has 0 bridgehead atoms. The van der Waals surface area contributed by atoms with Gasteiger partial charge in [0.1, 0.15) is 5.75 Å². The summed E-state index contributed by atoms with van der Waals surface area (Å²) in [4.78, 5) is 22.5. The first-order chi connectivity index (χ1) is 14.1. The van der Waals surface area contributed by atoms with Gasteiger partial charge < -0.3 is 19.9 Å². The minimum atomic E-state index is -0.663. The van der Waals surface area contributed by atoms with Crippen LogP contribution in [0.4, 0.5) is 5.69 Å². The van der Waals surface area contributed by atoms with E-state index in [0.29, 0.717) is 18.5 Å². The van der Waals surface area contributed by atoms with Crippen molar-refractivity contribution < 1.29 is 14.1 Å². The van der Waals surface area contributed by atoms with E-state index in [1.165, 1.54) is 12.1 Å². The van der Waals surface area contributed by atoms with Gasteiger partial charge in [0.2, 0.25) is 5.89 Å². The standard InChI is InChI=1S/C20H28N6O3/c1-28-17-7-3-2-6-16(17)26-11-9-25(10-12-26)15-5-4-8-24(13-15)14-18-22-20(19(21)27)23-29-18/h2-3,6-7,15H,4-5,8-14H2,1H3,(H2,21,27)/t15-/m0/s1. The molecule has 0 spiro atoms. The molecule has 0 aliphatic carbocycles. The van der Waals surface area contributed by atoms with Gasteiger partial charge in [-0.25, -0.2) is 0 Å². The molecule has 1 aromatic heterocycles. The van der Waals surface area contributed by atoms with Crippen molar-refractivity contribution in [1.82, 2.24) is 19.9 Å². The Morgan fingerprint density at radius 3 is 2.76 bits per heavy atom. The third-order valence-electron chi connectivity index (χ3n) is 5.78. The zero-order valence-corrected chi connectivity index (χ0v) is 16.8. The van der Waals surface area contributed by atoms with Gasteiger partial charge in [0.25, 0.3) is 11.7 Å². The normalized spacial score (nSPS) is 21.3. The minimum absolute atomic E-state index is 0.0546. The average molecular weight is 400 g/mol. The molecular weight excluding hydrogens is 372 g/mol. The molecule has 2 saturated heterocycles. The van der Waals surface area contributed by atoms with Gasteiger partial charge >= 0.3 is 0 Å². The monoisotopic (exact) mass is 400 g/mol. The first-order valence-corrected chi connectivity index (χ1v) is 10.1. The van der Waals surface area contributed by atoms with Crippen LogP contribution >= 0.6 is 0 Å². The number of likely N-dealkylation sites (tertiary alicyclic amines) is 1. The summed E-state index contributed by atoms with van der Waals surface area (Å²) in [5.41, 5.74) is 6.36. The zero-order chi connectivity index (χ0) is 20.2. The van der Waals surface area contributed by atoms with Crippen LogP contribution in [0.25, 0.3) is 0 Å². The molecule has 29 heavy (non-hydrogen) atoms. The number of primary amides is 1. The van der Waals surface area contributed by atoms with Gasteiger partial charge in [-0.1, -0.05) is 17.3 Å². The van der Waals surface area contributed by atoms with Gasteiger partial charge in [-0.3, -0.25) is 14.6 Å². The van der Waals surface area contributed by atoms with Crippen LogP contribution in [-0.4, -0.2) is 78.3 Å². The molecule has 9 heteroatoms. The Hall–Kier alpha value is -2.65. The topological polar surface area (TPSA) is 101 Å². The van der Waals surface area contributed by atoms with Crippen molar-refractivity contribution in [2.45, 2.75) is 25.4 Å². The molecule has 2 fully saturated rings. The van der Waals surface area contributed by atoms with Gasteiger partial charge in [0.05, 0.1) is 19.3 Å². The van der Waals surface area contributed by atoms with Gasteiger partial charge in [0.15, 0.2) is 0 Å². The van der Waals surface area contributed by atoms with E-state index in [-0.39, 0.29) is 5.82 Å². The Morgan fingerprint density at radius 2 is 2.03 bits per heavy atom. The van der Waals surface area contributed by atoms with E-state index in [0.717, 1.165) is 51.4 Å². The van der Waals surface area contributed by atoms with Crippen LogP contribution in [0.5, 0.6) is 5.75 Å². The lowest BCUT2D eigenvalue weighted by Gasteiger charge is -2.43. The van der Waals surface area contributed by atoms with Crippen molar-refractivity contribution in [1.29, 1.82) is 0 Å². The second kappa shape index (κ2) is 8.79. The summed E-state index contributed by atoms with van der Waals surface area (Å²) in [5.74, 6) is 0.658. The molecule has 1 atom stereocenters. The Morgan fingerprint density at radius 1 is 1.24 bits per heavy atom. The summed E-state index contributed by atoms with van der Waals surface area (Å²) >= 11 is 0. The number of ether oxygens (including phenoxy) is 1. The fraction of sp³-hybridized carbons (Fsp3) is 0.550. The molecule has 4 rings (SSSR count). The second-order valence-corrected chi connectivity index (χ2v) is 7.60. The molecule has 2 aliphatic heterocycles. The summed E-state index contributed by atoms with van der Waals surface area (Å²) in [6, 6.07) is 8.72. The maximum atomic E-state index is 11.1. The number of hydrogen-bond donors (Lipinski definition) is 1. The summed E-state index contributed by atoms with van der Waals surface area (Å²) in [5, 5.41) is 3.63. The number of amides is 1. The van der Waals surface area contributed by atoms with Crippen molar-refractivity contribution in [3.05, 3.63) is 36.0 Å². The number of aromatic nitrogens is 2. The Bertz CT molecular complexity index is 833. The number of piperazine rings is 1. The number of benzene rings is 1. The van der Waals surface area contributed by atoms with Crippen LogP contribution in [0.15, 0.2) is 28.8 Å². The minimum Gasteiger partial charge on any atom is -0.495 e. The second-order valence-electron chi connectivity index (χ2n) is 7.60. The number of methoxy groups -OCH3 is 1. The van der Waals surface area contributed by atoms with Crippen LogP contribution in [0.2, 0.25) is 0 Å². The van der Waals surface area contributed by atoms with E-state index in [2.05, 4.69) is 37.0 Å². The fourth-order valence-corrected chi connectivity index (χ4v) is 4.30. The van der Waals surface area contributed by atoms with Crippen LogP contribution in [0.1, 0.15) is 29.4 Å². The Labute approximate surface area is 170 Å². The van der Waals surface area contributed by atoms with E-state index in [1.54, 1.807) is 7.11 Å². The predicted octanol–water partition coefficient (Wildman–Crippen LogP) is 0.964. The number of carbonyl (C=O) groups excluding carboxylic acids is 1. The van der Waals surface area contributed by atoms with Gasteiger partial charge in [-0.15, -0.1) is 0 Å². The molecule has 156 valence electrons. The predicted molar refractivity (Wildman–Crippen MR) is 108 cm³/mol. The lowest BCUT2D eigenvalue weighted by atomic mass is 10.0. The van der Waals surface area contributed by atoms with Gasteiger partial charge in [0, 0.05) is 38.8 Å². The van der Waals surface area contributed by atoms with E-state index in [4.69, 9.17) is 15.0 Å². The Kier molecular flexibility index (Phi) is 5.96. The number of para-hydroxylation sites is 2. The maximum Gasteiger partial charge on any atom is 0.290 e. The third-order valence-corrected chi connectivity index (χ3v) is 5.78. The molecule has 2 aliphatic rings. The van der Waals surface area contributed by atoms with Crippen LogP contribution in [-0.2, 0) is 6.54 Å². The van der Waals surface area contributed by atoms with E-state index in [1.807, 2.05) is 12.1 Å². The smallest absolute Gasteiger partial charge is 0.290 e. The largest absolute Gasteiger partial charge is 0.495 e. The molecule has 9 nitrogen and oxygen atoms in total. The first-order valence-electron chi connectivity index (χ1n) is 10.1. The number of carbonyl (C=O) groups is 1. The highest BCUT2D eigenvalue weighted by Gasteiger charge is 2.29. The molecule has 0 saturated carbocycles. The van der Waals surface area contributed by atoms with Crippen molar-refractivity contribution in [2.75, 3.05) is 51.3 Å². The highest BCUT2D eigenvalue weighted by molar-refractivity contribution is 5.88. The molecule has 3 heterocycles. The van der Waals surface area contributed by atoms with E-state index < -0.39 is 5.91 Å². The molecule has 1 aromatic carbocycles. The van der Waals surface area contributed by atoms with E-state index >= 15 is 0 Å². The first kappa shape index (κ1) is 19.7. The summed E-state index contributed by atoms with van der Waals surface area (Å²) in [6.07, 6.45) is 2.33. The van der Waals surface area contributed by atoms with Crippen LogP contribution < -0.4 is 15.4 Å². The number of piperidine rings is 1.